The highest BCUT2D eigenvalue weighted by atomic mass is 79.9. The Morgan fingerprint density at radius 1 is 1.42 bits per heavy atom. The monoisotopic (exact) mass is 443 g/mol. The van der Waals surface area contributed by atoms with Crippen molar-refractivity contribution in [3.05, 3.63) is 46.3 Å². The van der Waals surface area contributed by atoms with E-state index in [1.165, 1.54) is 19.4 Å². The number of nitrogens with zero attached hydrogens (tertiary/aromatic N) is 2. The molecule has 0 fully saturated rings. The first-order valence-electron chi connectivity index (χ1n) is 7.40. The van der Waals surface area contributed by atoms with E-state index in [2.05, 4.69) is 26.5 Å². The van der Waals surface area contributed by atoms with Crippen LogP contribution in [0.3, 0.4) is 0 Å². The van der Waals surface area contributed by atoms with Crippen molar-refractivity contribution < 1.29 is 22.4 Å². The Labute approximate surface area is 160 Å². The summed E-state index contributed by atoms with van der Waals surface area (Å²) in [4.78, 5) is 12.1. The molecule has 0 aliphatic carbocycles. The second-order valence-electron chi connectivity index (χ2n) is 5.32. The van der Waals surface area contributed by atoms with Gasteiger partial charge in [0.05, 0.1) is 29.7 Å². The van der Waals surface area contributed by atoms with Gasteiger partial charge in [-0.1, -0.05) is 6.07 Å². The smallest absolute Gasteiger partial charge is 0.260 e. The molecule has 1 amide bonds. The molecule has 0 aliphatic rings. The van der Waals surface area contributed by atoms with Crippen LogP contribution in [0.25, 0.3) is 0 Å². The minimum atomic E-state index is -3.68. The molecule has 10 heteroatoms. The topological polar surface area (TPSA) is 101 Å². The van der Waals surface area contributed by atoms with Gasteiger partial charge in [-0.2, -0.15) is 5.10 Å². The second-order valence-corrected chi connectivity index (χ2v) is 8.08. The molecule has 0 saturated heterocycles. The number of furan rings is 1. The summed E-state index contributed by atoms with van der Waals surface area (Å²) >= 11 is 3.30. The number of sulfonamides is 1. The Hall–Kier alpha value is -2.33. The van der Waals surface area contributed by atoms with Crippen LogP contribution < -0.4 is 14.5 Å². The lowest BCUT2D eigenvalue weighted by molar-refractivity contribution is -0.119. The van der Waals surface area contributed by atoms with E-state index < -0.39 is 22.5 Å². The first kappa shape index (κ1) is 20.0. The van der Waals surface area contributed by atoms with Gasteiger partial charge in [-0.05, 0) is 35.0 Å². The number of methoxy groups -OCH3 is 1. The van der Waals surface area contributed by atoms with E-state index >= 15 is 0 Å². The molecule has 8 nitrogen and oxygen atoms in total. The van der Waals surface area contributed by atoms with Crippen molar-refractivity contribution in [3.8, 4) is 5.75 Å². The van der Waals surface area contributed by atoms with E-state index in [9.17, 15) is 13.2 Å². The van der Waals surface area contributed by atoms with Gasteiger partial charge in [-0.3, -0.25) is 9.10 Å². The zero-order chi connectivity index (χ0) is 19.3. The largest absolute Gasteiger partial charge is 0.497 e. The third-order valence-corrected chi connectivity index (χ3v) is 5.21. The first-order valence-corrected chi connectivity index (χ1v) is 10.0. The fourth-order valence-electron chi connectivity index (χ4n) is 2.04. The zero-order valence-electron chi connectivity index (χ0n) is 14.4. The van der Waals surface area contributed by atoms with Gasteiger partial charge in [0, 0.05) is 12.1 Å². The summed E-state index contributed by atoms with van der Waals surface area (Å²) < 4.78 is 36.3. The molecule has 1 heterocycles. The Morgan fingerprint density at radius 3 is 2.73 bits per heavy atom. The van der Waals surface area contributed by atoms with Crippen molar-refractivity contribution in [2.45, 2.75) is 6.92 Å². The predicted molar refractivity (Wildman–Crippen MR) is 102 cm³/mol. The lowest BCUT2D eigenvalue weighted by Gasteiger charge is -2.21. The number of amides is 1. The number of carbonyl (C=O) groups is 1. The van der Waals surface area contributed by atoms with Crippen LogP contribution in [0.1, 0.15) is 11.5 Å². The van der Waals surface area contributed by atoms with Gasteiger partial charge in [0.1, 0.15) is 23.8 Å². The molecule has 140 valence electrons. The van der Waals surface area contributed by atoms with Crippen LogP contribution in [0.5, 0.6) is 5.75 Å². The molecular weight excluding hydrogens is 426 g/mol. The predicted octanol–water partition coefficient (Wildman–Crippen LogP) is 2.28. The van der Waals surface area contributed by atoms with Crippen molar-refractivity contribution in [1.82, 2.24) is 5.43 Å². The van der Waals surface area contributed by atoms with E-state index in [-0.39, 0.29) is 0 Å². The van der Waals surface area contributed by atoms with Gasteiger partial charge in [0.15, 0.2) is 0 Å². The summed E-state index contributed by atoms with van der Waals surface area (Å²) in [5.41, 5.74) is 2.59. The van der Waals surface area contributed by atoms with Gasteiger partial charge in [0.25, 0.3) is 5.91 Å². The van der Waals surface area contributed by atoms with Crippen LogP contribution in [-0.4, -0.2) is 40.4 Å². The lowest BCUT2D eigenvalue weighted by Crippen LogP contribution is -2.39. The first-order chi connectivity index (χ1) is 12.2. The van der Waals surface area contributed by atoms with Crippen molar-refractivity contribution in [3.63, 3.8) is 0 Å². The highest BCUT2D eigenvalue weighted by Crippen LogP contribution is 2.23. The average molecular weight is 444 g/mol. The summed E-state index contributed by atoms with van der Waals surface area (Å²) in [5.74, 6) is 1.01. The molecule has 1 N–H and O–H groups in total. The fourth-order valence-corrected chi connectivity index (χ4v) is 3.20. The molecule has 1 aromatic heterocycles. The van der Waals surface area contributed by atoms with Gasteiger partial charge in [-0.25, -0.2) is 13.8 Å². The number of benzene rings is 1. The standard InChI is InChI=1S/C16H18BrN3O5S/c1-11-15(17)8-14(25-11)9-18-19-16(21)10-20(26(3,22)23)12-5-4-6-13(7-12)24-2/h4-9H,10H2,1-3H3,(H,19,21)/b18-9-. The Kier molecular flexibility index (Phi) is 6.43. The number of hydrazone groups is 1. The summed E-state index contributed by atoms with van der Waals surface area (Å²) in [7, 11) is -2.20. The summed E-state index contributed by atoms with van der Waals surface area (Å²) in [6, 6.07) is 8.12. The Balaban J connectivity index is 2.09. The van der Waals surface area contributed by atoms with E-state index in [0.717, 1.165) is 15.0 Å². The summed E-state index contributed by atoms with van der Waals surface area (Å²) in [6.07, 6.45) is 2.35. The third kappa shape index (κ3) is 5.33. The van der Waals surface area contributed by atoms with Crippen molar-refractivity contribution >= 4 is 43.8 Å². The molecule has 0 spiro atoms. The number of ether oxygens (including phenoxy) is 1. The van der Waals surface area contributed by atoms with E-state index in [1.54, 1.807) is 31.2 Å². The van der Waals surface area contributed by atoms with Crippen LogP contribution >= 0.6 is 15.9 Å². The van der Waals surface area contributed by atoms with Crippen LogP contribution in [0, 0.1) is 6.92 Å². The maximum absolute atomic E-state index is 12.1. The van der Waals surface area contributed by atoms with Crippen molar-refractivity contribution in [1.29, 1.82) is 0 Å². The molecule has 2 rings (SSSR count). The molecule has 0 bridgehead atoms. The molecule has 0 unspecified atom stereocenters. The number of halogens is 1. The number of rotatable bonds is 7. The number of aryl methyl sites for hydroxylation is 1. The SMILES string of the molecule is COc1cccc(N(CC(=O)N/N=C\c2cc(Br)c(C)o2)S(C)(=O)=O)c1. The van der Waals surface area contributed by atoms with Gasteiger partial charge in [-0.15, -0.1) is 0 Å². The second kappa shape index (κ2) is 8.37. The minimum Gasteiger partial charge on any atom is -0.497 e. The van der Waals surface area contributed by atoms with Gasteiger partial charge in [0.2, 0.25) is 10.0 Å². The number of hydrogen-bond donors (Lipinski definition) is 1. The zero-order valence-corrected chi connectivity index (χ0v) is 16.8. The highest BCUT2D eigenvalue weighted by molar-refractivity contribution is 9.10. The number of anilines is 1. The molecule has 0 radical (unpaired) electrons. The Bertz CT molecular complexity index is 904. The maximum atomic E-state index is 12.1. The highest BCUT2D eigenvalue weighted by Gasteiger charge is 2.21. The lowest BCUT2D eigenvalue weighted by atomic mass is 10.3. The molecule has 2 aromatic rings. The quantitative estimate of drug-likeness (QED) is 0.522. The van der Waals surface area contributed by atoms with E-state index in [1.807, 2.05) is 0 Å². The molecule has 26 heavy (non-hydrogen) atoms. The third-order valence-electron chi connectivity index (χ3n) is 3.29. The molecule has 0 aliphatic heterocycles. The number of nitrogens with one attached hydrogen (secondary N) is 1. The van der Waals surface area contributed by atoms with Crippen LogP contribution in [0.2, 0.25) is 0 Å². The normalized spacial score (nSPS) is 11.5. The summed E-state index contributed by atoms with van der Waals surface area (Å²) in [6.45, 7) is 1.35. The van der Waals surface area contributed by atoms with Gasteiger partial charge >= 0.3 is 0 Å². The molecule has 0 saturated carbocycles. The number of carbonyl (C=O) groups excluding carboxylic acids is 1. The summed E-state index contributed by atoms with van der Waals surface area (Å²) in [5, 5.41) is 3.77. The average Bonchev–Trinajstić information content (AvgIpc) is 2.89. The molecule has 1 aromatic carbocycles. The van der Waals surface area contributed by atoms with E-state index in [4.69, 9.17) is 9.15 Å². The minimum absolute atomic E-state index is 0.316. The number of hydrogen-bond acceptors (Lipinski definition) is 6. The fraction of sp³-hybridized carbons (Fsp3) is 0.250. The van der Waals surface area contributed by atoms with Crippen LogP contribution in [0.15, 0.2) is 44.3 Å². The van der Waals surface area contributed by atoms with Crippen LogP contribution in [0.4, 0.5) is 5.69 Å². The molecular formula is C16H18BrN3O5S. The van der Waals surface area contributed by atoms with E-state index in [0.29, 0.717) is 23.0 Å². The van der Waals surface area contributed by atoms with Crippen molar-refractivity contribution in [2.75, 3.05) is 24.2 Å². The maximum Gasteiger partial charge on any atom is 0.260 e. The Morgan fingerprint density at radius 2 is 2.15 bits per heavy atom. The molecule has 0 atom stereocenters. The van der Waals surface area contributed by atoms with Crippen molar-refractivity contribution in [2.24, 2.45) is 5.10 Å². The van der Waals surface area contributed by atoms with Gasteiger partial charge < -0.3 is 9.15 Å². The van der Waals surface area contributed by atoms with Crippen LogP contribution in [-0.2, 0) is 14.8 Å².